The molecule has 2 N–H and O–H groups in total. The third-order valence-electron chi connectivity index (χ3n) is 5.48. The molecule has 4 rings (SSSR count). The van der Waals surface area contributed by atoms with Gasteiger partial charge in [0.05, 0.1) is 0 Å². The lowest BCUT2D eigenvalue weighted by Crippen LogP contribution is -2.29. The van der Waals surface area contributed by atoms with Gasteiger partial charge in [-0.25, -0.2) is 9.97 Å². The molecule has 0 bridgehead atoms. The lowest BCUT2D eigenvalue weighted by Gasteiger charge is -2.28. The van der Waals surface area contributed by atoms with Gasteiger partial charge in [-0.3, -0.25) is 0 Å². The number of hydrogen-bond donors (Lipinski definition) is 1. The quantitative estimate of drug-likeness (QED) is 0.667. The molecule has 1 aliphatic heterocycles. The third-order valence-corrected chi connectivity index (χ3v) is 5.48. The maximum Gasteiger partial charge on any atom is 0.158 e. The standard InChI is InChI=1S/C24H29N5/c25-22-23(28-15-9-1-2-10-16-28)26-19-27-24(22)29(17-20-11-5-3-6-12-20)18-21-13-7-4-8-14-21/h3-8,11-14,19H,1-2,9-10,15-18,25H2. The van der Waals surface area contributed by atoms with Crippen molar-refractivity contribution in [3.63, 3.8) is 0 Å². The second-order valence-electron chi connectivity index (χ2n) is 7.66. The van der Waals surface area contributed by atoms with Gasteiger partial charge in [-0.15, -0.1) is 0 Å². The molecule has 0 amide bonds. The number of anilines is 3. The molecular weight excluding hydrogens is 358 g/mol. The van der Waals surface area contributed by atoms with Crippen LogP contribution in [0.3, 0.4) is 0 Å². The van der Waals surface area contributed by atoms with Gasteiger partial charge in [0.2, 0.25) is 0 Å². The van der Waals surface area contributed by atoms with Gasteiger partial charge < -0.3 is 15.5 Å². The van der Waals surface area contributed by atoms with Gasteiger partial charge in [-0.05, 0) is 24.0 Å². The summed E-state index contributed by atoms with van der Waals surface area (Å²) in [4.78, 5) is 13.8. The van der Waals surface area contributed by atoms with Crippen molar-refractivity contribution >= 4 is 17.3 Å². The van der Waals surface area contributed by atoms with E-state index in [0.29, 0.717) is 5.69 Å². The minimum atomic E-state index is 0.682. The van der Waals surface area contributed by atoms with Crippen molar-refractivity contribution in [2.24, 2.45) is 0 Å². The molecule has 2 heterocycles. The van der Waals surface area contributed by atoms with Crippen LogP contribution in [-0.4, -0.2) is 23.1 Å². The lowest BCUT2D eigenvalue weighted by atomic mass is 10.1. The zero-order valence-electron chi connectivity index (χ0n) is 16.9. The Kier molecular flexibility index (Phi) is 6.25. The predicted molar refractivity (Wildman–Crippen MR) is 120 cm³/mol. The first kappa shape index (κ1) is 19.2. The summed E-state index contributed by atoms with van der Waals surface area (Å²) in [6.45, 7) is 3.52. The van der Waals surface area contributed by atoms with Crippen molar-refractivity contribution in [3.05, 3.63) is 78.1 Å². The Labute approximate surface area is 173 Å². The Morgan fingerprint density at radius 1 is 0.759 bits per heavy atom. The highest BCUT2D eigenvalue weighted by molar-refractivity contribution is 5.75. The fourth-order valence-electron chi connectivity index (χ4n) is 3.98. The van der Waals surface area contributed by atoms with Crippen LogP contribution in [0.2, 0.25) is 0 Å². The van der Waals surface area contributed by atoms with Crippen molar-refractivity contribution in [1.29, 1.82) is 0 Å². The highest BCUT2D eigenvalue weighted by atomic mass is 15.3. The van der Waals surface area contributed by atoms with E-state index in [1.807, 2.05) is 12.1 Å². The van der Waals surface area contributed by atoms with Gasteiger partial charge >= 0.3 is 0 Å². The molecule has 1 aliphatic rings. The number of nitrogens with zero attached hydrogens (tertiary/aromatic N) is 4. The first-order chi connectivity index (χ1) is 14.3. The summed E-state index contributed by atoms with van der Waals surface area (Å²) in [7, 11) is 0. The molecule has 3 aromatic rings. The molecule has 1 fully saturated rings. The summed E-state index contributed by atoms with van der Waals surface area (Å²) < 4.78 is 0. The van der Waals surface area contributed by atoms with E-state index in [9.17, 15) is 0 Å². The summed E-state index contributed by atoms with van der Waals surface area (Å²) >= 11 is 0. The van der Waals surface area contributed by atoms with E-state index in [1.165, 1.54) is 36.8 Å². The molecule has 1 aromatic heterocycles. The topological polar surface area (TPSA) is 58.3 Å². The average molecular weight is 388 g/mol. The highest BCUT2D eigenvalue weighted by Crippen LogP contribution is 2.32. The van der Waals surface area contributed by atoms with Crippen LogP contribution in [0.4, 0.5) is 17.3 Å². The molecule has 5 nitrogen and oxygen atoms in total. The Morgan fingerprint density at radius 3 is 1.86 bits per heavy atom. The van der Waals surface area contributed by atoms with Crippen molar-refractivity contribution in [2.75, 3.05) is 28.6 Å². The molecule has 0 unspecified atom stereocenters. The Bertz CT molecular complexity index is 848. The number of rotatable bonds is 6. The zero-order chi connectivity index (χ0) is 19.9. The fraction of sp³-hybridized carbons (Fsp3) is 0.333. The van der Waals surface area contributed by atoms with E-state index < -0.39 is 0 Å². The number of nitrogen functional groups attached to an aromatic ring is 1. The normalized spacial score (nSPS) is 14.4. The molecule has 29 heavy (non-hydrogen) atoms. The average Bonchev–Trinajstić information content (AvgIpc) is 3.04. The van der Waals surface area contributed by atoms with Gasteiger partial charge in [0, 0.05) is 26.2 Å². The van der Waals surface area contributed by atoms with Crippen LogP contribution in [0.15, 0.2) is 67.0 Å². The maximum atomic E-state index is 6.67. The van der Waals surface area contributed by atoms with Crippen molar-refractivity contribution in [2.45, 2.75) is 38.8 Å². The largest absolute Gasteiger partial charge is 0.393 e. The van der Waals surface area contributed by atoms with E-state index in [0.717, 1.165) is 37.8 Å². The first-order valence-electron chi connectivity index (χ1n) is 10.5. The fourth-order valence-corrected chi connectivity index (χ4v) is 3.98. The van der Waals surface area contributed by atoms with E-state index in [2.05, 4.69) is 68.3 Å². The smallest absolute Gasteiger partial charge is 0.158 e. The monoisotopic (exact) mass is 387 g/mol. The van der Waals surface area contributed by atoms with Crippen molar-refractivity contribution in [3.8, 4) is 0 Å². The molecule has 1 saturated heterocycles. The molecule has 0 atom stereocenters. The molecular formula is C24H29N5. The van der Waals surface area contributed by atoms with E-state index in [1.54, 1.807) is 6.33 Å². The lowest BCUT2D eigenvalue weighted by molar-refractivity contribution is 0.726. The van der Waals surface area contributed by atoms with Crippen LogP contribution in [0.5, 0.6) is 0 Å². The van der Waals surface area contributed by atoms with Crippen LogP contribution in [0, 0.1) is 0 Å². The second-order valence-corrected chi connectivity index (χ2v) is 7.66. The maximum absolute atomic E-state index is 6.67. The van der Waals surface area contributed by atoms with Crippen LogP contribution in [0.1, 0.15) is 36.8 Å². The van der Waals surface area contributed by atoms with E-state index in [-0.39, 0.29) is 0 Å². The number of aromatic nitrogens is 2. The van der Waals surface area contributed by atoms with Gasteiger partial charge in [-0.2, -0.15) is 0 Å². The summed E-state index contributed by atoms with van der Waals surface area (Å²) in [5.74, 6) is 1.69. The second kappa shape index (κ2) is 9.41. The SMILES string of the molecule is Nc1c(N2CCCCCC2)ncnc1N(Cc1ccccc1)Cc1ccccc1. The summed E-state index contributed by atoms with van der Waals surface area (Å²) in [5.41, 5.74) is 9.81. The molecule has 0 radical (unpaired) electrons. The summed E-state index contributed by atoms with van der Waals surface area (Å²) in [6.07, 6.45) is 6.60. The molecule has 150 valence electrons. The van der Waals surface area contributed by atoms with Crippen molar-refractivity contribution in [1.82, 2.24) is 9.97 Å². The molecule has 5 heteroatoms. The molecule has 0 aliphatic carbocycles. The van der Waals surface area contributed by atoms with Gasteiger partial charge in [0.15, 0.2) is 11.6 Å². The van der Waals surface area contributed by atoms with Crippen LogP contribution >= 0.6 is 0 Å². The minimum Gasteiger partial charge on any atom is -0.393 e. The Balaban J connectivity index is 1.66. The van der Waals surface area contributed by atoms with Gasteiger partial charge in [0.1, 0.15) is 12.0 Å². The molecule has 0 saturated carbocycles. The predicted octanol–water partition coefficient (Wildman–Crippen LogP) is 4.65. The summed E-state index contributed by atoms with van der Waals surface area (Å²) in [6, 6.07) is 20.9. The number of hydrogen-bond acceptors (Lipinski definition) is 5. The minimum absolute atomic E-state index is 0.682. The van der Waals surface area contributed by atoms with Gasteiger partial charge in [0.25, 0.3) is 0 Å². The first-order valence-corrected chi connectivity index (χ1v) is 10.5. The third kappa shape index (κ3) is 4.86. The van der Waals surface area contributed by atoms with Crippen LogP contribution < -0.4 is 15.5 Å². The zero-order valence-corrected chi connectivity index (χ0v) is 16.9. The molecule has 0 spiro atoms. The number of benzene rings is 2. The van der Waals surface area contributed by atoms with Crippen LogP contribution in [-0.2, 0) is 13.1 Å². The highest BCUT2D eigenvalue weighted by Gasteiger charge is 2.20. The van der Waals surface area contributed by atoms with E-state index in [4.69, 9.17) is 5.73 Å². The molecule has 2 aromatic carbocycles. The number of nitrogens with two attached hydrogens (primary N) is 1. The van der Waals surface area contributed by atoms with Gasteiger partial charge in [-0.1, -0.05) is 73.5 Å². The van der Waals surface area contributed by atoms with E-state index >= 15 is 0 Å². The van der Waals surface area contributed by atoms with Crippen molar-refractivity contribution < 1.29 is 0 Å². The summed E-state index contributed by atoms with van der Waals surface area (Å²) in [5, 5.41) is 0. The Hall–Kier alpha value is -3.08. The van der Waals surface area contributed by atoms with Crippen LogP contribution in [0.25, 0.3) is 0 Å². The Morgan fingerprint density at radius 2 is 1.31 bits per heavy atom.